The molecule has 0 aromatic heterocycles. The second-order valence-corrected chi connectivity index (χ2v) is 4.00. The van der Waals surface area contributed by atoms with Crippen LogP contribution in [0.5, 0.6) is 5.75 Å². The first-order valence-corrected chi connectivity index (χ1v) is 5.27. The topological polar surface area (TPSA) is 29.5 Å². The van der Waals surface area contributed by atoms with Crippen LogP contribution in [0.2, 0.25) is 0 Å². The Morgan fingerprint density at radius 3 is 2.93 bits per heavy atom. The Bertz CT molecular complexity index is 357. The molecule has 15 heavy (non-hydrogen) atoms. The minimum absolute atomic E-state index is 0.249. The van der Waals surface area contributed by atoms with E-state index in [1.807, 2.05) is 18.2 Å². The van der Waals surface area contributed by atoms with Gasteiger partial charge < -0.3 is 9.84 Å². The SMILES string of the molecule is COc1cccc(C[C@@H]2C=C[C@@H](O)C2)c1. The van der Waals surface area contributed by atoms with Gasteiger partial charge in [0.15, 0.2) is 0 Å². The first-order valence-electron chi connectivity index (χ1n) is 5.27. The van der Waals surface area contributed by atoms with Gasteiger partial charge in [-0.2, -0.15) is 0 Å². The van der Waals surface area contributed by atoms with E-state index in [4.69, 9.17) is 4.74 Å². The second-order valence-electron chi connectivity index (χ2n) is 4.00. The zero-order valence-electron chi connectivity index (χ0n) is 8.89. The van der Waals surface area contributed by atoms with Gasteiger partial charge in [-0.05, 0) is 36.5 Å². The molecule has 0 saturated carbocycles. The Kier molecular flexibility index (Phi) is 3.07. The number of methoxy groups -OCH3 is 1. The van der Waals surface area contributed by atoms with E-state index in [-0.39, 0.29) is 6.10 Å². The highest BCUT2D eigenvalue weighted by Crippen LogP contribution is 2.23. The molecule has 2 heteroatoms. The fourth-order valence-corrected chi connectivity index (χ4v) is 2.01. The summed E-state index contributed by atoms with van der Waals surface area (Å²) in [6, 6.07) is 8.10. The number of allylic oxidation sites excluding steroid dienone is 1. The Morgan fingerprint density at radius 2 is 2.27 bits per heavy atom. The van der Waals surface area contributed by atoms with Crippen LogP contribution in [-0.4, -0.2) is 18.3 Å². The van der Waals surface area contributed by atoms with E-state index >= 15 is 0 Å². The molecular weight excluding hydrogens is 188 g/mol. The molecule has 80 valence electrons. The molecule has 0 radical (unpaired) electrons. The van der Waals surface area contributed by atoms with Gasteiger partial charge in [-0.25, -0.2) is 0 Å². The Hall–Kier alpha value is -1.28. The predicted octanol–water partition coefficient (Wildman–Crippen LogP) is 2.17. The van der Waals surface area contributed by atoms with Crippen LogP contribution >= 0.6 is 0 Å². The lowest BCUT2D eigenvalue weighted by molar-refractivity contribution is 0.210. The van der Waals surface area contributed by atoms with Crippen LogP contribution in [-0.2, 0) is 6.42 Å². The van der Waals surface area contributed by atoms with Crippen molar-refractivity contribution in [3.05, 3.63) is 42.0 Å². The van der Waals surface area contributed by atoms with Gasteiger partial charge in [0.2, 0.25) is 0 Å². The number of benzene rings is 1. The maximum absolute atomic E-state index is 9.37. The molecule has 0 spiro atoms. The molecule has 0 fully saturated rings. The number of rotatable bonds is 3. The molecule has 0 unspecified atom stereocenters. The average molecular weight is 204 g/mol. The zero-order valence-corrected chi connectivity index (χ0v) is 8.89. The lowest BCUT2D eigenvalue weighted by Crippen LogP contribution is -2.04. The highest BCUT2D eigenvalue weighted by molar-refractivity contribution is 5.29. The highest BCUT2D eigenvalue weighted by atomic mass is 16.5. The molecule has 0 saturated heterocycles. The standard InChI is InChI=1S/C13H16O2/c1-15-13-4-2-3-10(9-13)7-11-5-6-12(14)8-11/h2-6,9,11-12,14H,7-8H2,1H3/t11-,12+/m0/s1. The molecule has 0 heterocycles. The van der Waals surface area contributed by atoms with Crippen molar-refractivity contribution in [3.63, 3.8) is 0 Å². The minimum atomic E-state index is -0.249. The molecule has 1 aliphatic carbocycles. The van der Waals surface area contributed by atoms with Gasteiger partial charge in [0, 0.05) is 0 Å². The van der Waals surface area contributed by atoms with Gasteiger partial charge >= 0.3 is 0 Å². The van der Waals surface area contributed by atoms with E-state index in [2.05, 4.69) is 18.2 Å². The van der Waals surface area contributed by atoms with Crippen LogP contribution in [0.3, 0.4) is 0 Å². The van der Waals surface area contributed by atoms with Gasteiger partial charge in [0.1, 0.15) is 5.75 Å². The molecule has 2 atom stereocenters. The number of hydrogen-bond donors (Lipinski definition) is 1. The third-order valence-electron chi connectivity index (χ3n) is 2.78. The predicted molar refractivity (Wildman–Crippen MR) is 60.0 cm³/mol. The van der Waals surface area contributed by atoms with Gasteiger partial charge in [-0.1, -0.05) is 24.3 Å². The van der Waals surface area contributed by atoms with Crippen LogP contribution in [0.15, 0.2) is 36.4 Å². The largest absolute Gasteiger partial charge is 0.497 e. The molecule has 2 nitrogen and oxygen atoms in total. The van der Waals surface area contributed by atoms with Crippen molar-refractivity contribution in [2.24, 2.45) is 5.92 Å². The summed E-state index contributed by atoms with van der Waals surface area (Å²) in [5.74, 6) is 1.36. The van der Waals surface area contributed by atoms with E-state index in [1.54, 1.807) is 7.11 Å². The van der Waals surface area contributed by atoms with E-state index < -0.39 is 0 Å². The van der Waals surface area contributed by atoms with Crippen LogP contribution in [0.1, 0.15) is 12.0 Å². The molecule has 1 N–H and O–H groups in total. The monoisotopic (exact) mass is 204 g/mol. The summed E-state index contributed by atoms with van der Waals surface area (Å²) in [6.45, 7) is 0. The van der Waals surface area contributed by atoms with Gasteiger partial charge in [0.05, 0.1) is 13.2 Å². The van der Waals surface area contributed by atoms with Crippen molar-refractivity contribution >= 4 is 0 Å². The van der Waals surface area contributed by atoms with Crippen LogP contribution < -0.4 is 4.74 Å². The summed E-state index contributed by atoms with van der Waals surface area (Å²) in [6.07, 6.45) is 5.55. The van der Waals surface area contributed by atoms with E-state index in [0.717, 1.165) is 18.6 Å². The number of aliphatic hydroxyl groups excluding tert-OH is 1. The van der Waals surface area contributed by atoms with E-state index in [1.165, 1.54) is 5.56 Å². The normalized spacial score (nSPS) is 24.4. The summed E-state index contributed by atoms with van der Waals surface area (Å²) >= 11 is 0. The fourth-order valence-electron chi connectivity index (χ4n) is 2.01. The van der Waals surface area contributed by atoms with Crippen molar-refractivity contribution in [2.45, 2.75) is 18.9 Å². The maximum Gasteiger partial charge on any atom is 0.119 e. The molecule has 1 aromatic carbocycles. The van der Waals surface area contributed by atoms with Crippen molar-refractivity contribution in [3.8, 4) is 5.75 Å². The highest BCUT2D eigenvalue weighted by Gasteiger charge is 2.16. The average Bonchev–Trinajstić information content (AvgIpc) is 2.64. The van der Waals surface area contributed by atoms with Gasteiger partial charge in [0.25, 0.3) is 0 Å². The summed E-state index contributed by atoms with van der Waals surface area (Å²) in [5.41, 5.74) is 1.26. The Labute approximate surface area is 90.2 Å². The van der Waals surface area contributed by atoms with Crippen LogP contribution in [0.4, 0.5) is 0 Å². The van der Waals surface area contributed by atoms with Crippen molar-refractivity contribution in [1.29, 1.82) is 0 Å². The molecule has 0 amide bonds. The smallest absolute Gasteiger partial charge is 0.119 e. The van der Waals surface area contributed by atoms with Crippen LogP contribution in [0.25, 0.3) is 0 Å². The number of aliphatic hydroxyl groups is 1. The third kappa shape index (κ3) is 2.60. The lowest BCUT2D eigenvalue weighted by atomic mass is 9.98. The summed E-state index contributed by atoms with van der Waals surface area (Å²) in [4.78, 5) is 0. The quantitative estimate of drug-likeness (QED) is 0.765. The summed E-state index contributed by atoms with van der Waals surface area (Å²) < 4.78 is 5.17. The number of ether oxygens (including phenoxy) is 1. The summed E-state index contributed by atoms with van der Waals surface area (Å²) in [7, 11) is 1.68. The van der Waals surface area contributed by atoms with E-state index in [9.17, 15) is 5.11 Å². The number of hydrogen-bond acceptors (Lipinski definition) is 2. The fraction of sp³-hybridized carbons (Fsp3) is 0.385. The zero-order chi connectivity index (χ0) is 10.7. The summed E-state index contributed by atoms with van der Waals surface area (Å²) in [5, 5.41) is 9.37. The maximum atomic E-state index is 9.37. The molecule has 1 aliphatic rings. The second kappa shape index (κ2) is 4.49. The molecule has 1 aromatic rings. The minimum Gasteiger partial charge on any atom is -0.497 e. The lowest BCUT2D eigenvalue weighted by Gasteiger charge is -2.09. The van der Waals surface area contributed by atoms with Crippen LogP contribution in [0, 0.1) is 5.92 Å². The third-order valence-corrected chi connectivity index (χ3v) is 2.78. The molecule has 0 bridgehead atoms. The Morgan fingerprint density at radius 1 is 1.40 bits per heavy atom. The van der Waals surface area contributed by atoms with Gasteiger partial charge in [-0.15, -0.1) is 0 Å². The van der Waals surface area contributed by atoms with Crippen molar-refractivity contribution in [2.75, 3.05) is 7.11 Å². The first kappa shape index (κ1) is 10.2. The van der Waals surface area contributed by atoms with E-state index in [0.29, 0.717) is 5.92 Å². The molecule has 0 aliphatic heterocycles. The Balaban J connectivity index is 2.01. The van der Waals surface area contributed by atoms with Crippen molar-refractivity contribution < 1.29 is 9.84 Å². The van der Waals surface area contributed by atoms with Crippen molar-refractivity contribution in [1.82, 2.24) is 0 Å². The molecular formula is C13H16O2. The van der Waals surface area contributed by atoms with Gasteiger partial charge in [-0.3, -0.25) is 0 Å². The first-order chi connectivity index (χ1) is 7.28. The molecule has 2 rings (SSSR count).